The summed E-state index contributed by atoms with van der Waals surface area (Å²) in [7, 11) is 0. The van der Waals surface area contributed by atoms with E-state index in [0.717, 1.165) is 0 Å². The minimum absolute atomic E-state index is 0.0380. The van der Waals surface area contributed by atoms with E-state index in [9.17, 15) is 14.7 Å². The lowest BCUT2D eigenvalue weighted by Gasteiger charge is -2.14. The fourth-order valence-electron chi connectivity index (χ4n) is 2.98. The number of ether oxygens (including phenoxy) is 2. The molecule has 3 aromatic carbocycles. The summed E-state index contributed by atoms with van der Waals surface area (Å²) < 4.78 is 10.8. The van der Waals surface area contributed by atoms with Gasteiger partial charge >= 0.3 is 12.0 Å². The first kappa shape index (κ1) is 25.2. The summed E-state index contributed by atoms with van der Waals surface area (Å²) in [5.74, 6) is 0.336. The van der Waals surface area contributed by atoms with Crippen molar-refractivity contribution in [3.8, 4) is 17.6 Å². The number of nitrogens with zero attached hydrogens (tertiary/aromatic N) is 1. The number of urea groups is 1. The molecule has 0 bridgehead atoms. The van der Waals surface area contributed by atoms with Gasteiger partial charge in [0.25, 0.3) is 0 Å². The molecule has 2 amide bonds. The molecule has 3 aromatic rings. The lowest BCUT2D eigenvalue weighted by atomic mass is 10.2. The highest BCUT2D eigenvalue weighted by atomic mass is 16.5. The van der Waals surface area contributed by atoms with E-state index in [1.165, 1.54) is 0 Å². The Morgan fingerprint density at radius 1 is 0.943 bits per heavy atom. The second kappa shape index (κ2) is 13.3. The van der Waals surface area contributed by atoms with Crippen molar-refractivity contribution in [3.05, 3.63) is 90.0 Å². The van der Waals surface area contributed by atoms with E-state index in [1.54, 1.807) is 72.8 Å². The maximum absolute atomic E-state index is 12.1. The maximum atomic E-state index is 12.1. The zero-order valence-electron chi connectivity index (χ0n) is 18.9. The van der Waals surface area contributed by atoms with E-state index < -0.39 is 18.1 Å². The van der Waals surface area contributed by atoms with Gasteiger partial charge in [0.15, 0.2) is 0 Å². The lowest BCUT2D eigenvalue weighted by molar-refractivity contribution is 0.0734. The van der Waals surface area contributed by atoms with Gasteiger partial charge in [-0.1, -0.05) is 30.3 Å². The third kappa shape index (κ3) is 8.47. The van der Waals surface area contributed by atoms with Crippen molar-refractivity contribution in [2.24, 2.45) is 0 Å². The molecule has 1 atom stereocenters. The first-order chi connectivity index (χ1) is 17.0. The van der Waals surface area contributed by atoms with Gasteiger partial charge in [0.1, 0.15) is 30.3 Å². The van der Waals surface area contributed by atoms with Crippen molar-refractivity contribution < 1.29 is 24.2 Å². The van der Waals surface area contributed by atoms with Gasteiger partial charge in [-0.25, -0.2) is 9.59 Å². The molecule has 9 nitrogen and oxygen atoms in total. The van der Waals surface area contributed by atoms with Crippen LogP contribution in [0.3, 0.4) is 0 Å². The third-order valence-corrected chi connectivity index (χ3v) is 4.74. The van der Waals surface area contributed by atoms with Gasteiger partial charge in [-0.05, 0) is 48.5 Å². The molecule has 35 heavy (non-hydrogen) atoms. The van der Waals surface area contributed by atoms with Crippen LogP contribution >= 0.6 is 0 Å². The van der Waals surface area contributed by atoms with Gasteiger partial charge in [-0.15, -0.1) is 0 Å². The third-order valence-electron chi connectivity index (χ3n) is 4.74. The van der Waals surface area contributed by atoms with Gasteiger partial charge < -0.3 is 30.5 Å². The first-order valence-corrected chi connectivity index (χ1v) is 11.0. The highest BCUT2D eigenvalue weighted by Crippen LogP contribution is 2.18. The van der Waals surface area contributed by atoms with Crippen molar-refractivity contribution in [2.45, 2.75) is 6.10 Å². The van der Waals surface area contributed by atoms with E-state index in [0.29, 0.717) is 41.4 Å². The monoisotopic (exact) mass is 474 g/mol. The molecule has 0 aromatic heterocycles. The summed E-state index contributed by atoms with van der Waals surface area (Å²) in [6, 6.07) is 23.6. The number of benzene rings is 3. The maximum Gasteiger partial charge on any atom is 0.343 e. The van der Waals surface area contributed by atoms with E-state index in [4.69, 9.17) is 14.7 Å². The molecule has 0 saturated carbocycles. The summed E-state index contributed by atoms with van der Waals surface area (Å²) in [6.07, 6.45) is -0.773. The molecule has 4 N–H and O–H groups in total. The molecular formula is C26H26N4O5. The van der Waals surface area contributed by atoms with Crippen LogP contribution in [0.4, 0.5) is 10.5 Å². The Morgan fingerprint density at radius 3 is 2.40 bits per heavy atom. The standard InChI is InChI=1S/C26H26N4O5/c27-16-20-8-4-5-9-24(20)34-18-22(31)17-28-14-15-29-26(33)30-21-10-12-23(13-11-21)35-25(32)19-6-2-1-3-7-19/h1-13,22,28,31H,14-15,17-18H2,(H2,29,30,33). The molecular weight excluding hydrogens is 448 g/mol. The molecule has 0 aliphatic carbocycles. The molecule has 0 radical (unpaired) electrons. The minimum atomic E-state index is -0.773. The summed E-state index contributed by atoms with van der Waals surface area (Å²) >= 11 is 0. The van der Waals surface area contributed by atoms with Crippen molar-refractivity contribution >= 4 is 17.7 Å². The van der Waals surface area contributed by atoms with Crippen molar-refractivity contribution in [2.75, 3.05) is 31.6 Å². The largest absolute Gasteiger partial charge is 0.489 e. The van der Waals surface area contributed by atoms with E-state index in [-0.39, 0.29) is 13.2 Å². The second-order valence-corrected chi connectivity index (χ2v) is 7.44. The number of nitrogens with one attached hydrogen (secondary N) is 3. The minimum Gasteiger partial charge on any atom is -0.489 e. The van der Waals surface area contributed by atoms with Crippen LogP contribution in [-0.2, 0) is 0 Å². The first-order valence-electron chi connectivity index (χ1n) is 11.0. The van der Waals surface area contributed by atoms with Crippen LogP contribution in [0.5, 0.6) is 11.5 Å². The van der Waals surface area contributed by atoms with E-state index >= 15 is 0 Å². The Balaban J connectivity index is 1.29. The smallest absolute Gasteiger partial charge is 0.343 e. The van der Waals surface area contributed by atoms with Crippen LogP contribution in [-0.4, -0.2) is 49.5 Å². The number of carbonyl (C=O) groups is 2. The summed E-state index contributed by atoms with van der Waals surface area (Å²) in [5, 5.41) is 27.5. The van der Waals surface area contributed by atoms with Gasteiger partial charge in [0.2, 0.25) is 0 Å². The molecule has 180 valence electrons. The van der Waals surface area contributed by atoms with Gasteiger partial charge in [-0.3, -0.25) is 0 Å². The van der Waals surface area contributed by atoms with Crippen LogP contribution in [0.2, 0.25) is 0 Å². The number of nitriles is 1. The Labute approximate surface area is 203 Å². The van der Waals surface area contributed by atoms with E-state index in [1.807, 2.05) is 12.1 Å². The Hall–Kier alpha value is -4.39. The summed E-state index contributed by atoms with van der Waals surface area (Å²) in [6.45, 7) is 1.08. The number of rotatable bonds is 11. The number of anilines is 1. The molecule has 0 aliphatic rings. The number of hydrogen-bond donors (Lipinski definition) is 4. The molecule has 0 saturated heterocycles. The second-order valence-electron chi connectivity index (χ2n) is 7.44. The van der Waals surface area contributed by atoms with Crippen LogP contribution in [0.25, 0.3) is 0 Å². The van der Waals surface area contributed by atoms with Gasteiger partial charge in [0.05, 0.1) is 11.1 Å². The number of hydrogen-bond acceptors (Lipinski definition) is 7. The van der Waals surface area contributed by atoms with Crippen LogP contribution < -0.4 is 25.4 Å². The molecule has 0 fully saturated rings. The summed E-state index contributed by atoms with van der Waals surface area (Å²) in [4.78, 5) is 24.1. The molecule has 0 heterocycles. The van der Waals surface area contributed by atoms with E-state index in [2.05, 4.69) is 16.0 Å². The summed E-state index contributed by atoms with van der Waals surface area (Å²) in [5.41, 5.74) is 1.40. The molecule has 0 aliphatic heterocycles. The SMILES string of the molecule is N#Cc1ccccc1OCC(O)CNCCNC(=O)Nc1ccc(OC(=O)c2ccccc2)cc1. The fourth-order valence-corrected chi connectivity index (χ4v) is 2.98. The molecule has 0 spiro atoms. The normalized spacial score (nSPS) is 11.1. The molecule has 1 unspecified atom stereocenters. The molecule has 3 rings (SSSR count). The number of para-hydroxylation sites is 1. The zero-order valence-corrected chi connectivity index (χ0v) is 18.9. The number of amides is 2. The number of carbonyl (C=O) groups excluding carboxylic acids is 2. The average molecular weight is 475 g/mol. The number of aliphatic hydroxyl groups is 1. The highest BCUT2D eigenvalue weighted by Gasteiger charge is 2.09. The fraction of sp³-hybridized carbons (Fsp3) is 0.192. The highest BCUT2D eigenvalue weighted by molar-refractivity contribution is 5.91. The predicted molar refractivity (Wildman–Crippen MR) is 130 cm³/mol. The van der Waals surface area contributed by atoms with Gasteiger partial charge in [-0.2, -0.15) is 5.26 Å². The van der Waals surface area contributed by atoms with Crippen LogP contribution in [0.15, 0.2) is 78.9 Å². The van der Waals surface area contributed by atoms with Crippen molar-refractivity contribution in [1.29, 1.82) is 5.26 Å². The predicted octanol–water partition coefficient (Wildman–Crippen LogP) is 2.93. The number of aliphatic hydroxyl groups excluding tert-OH is 1. The Kier molecular flexibility index (Phi) is 9.63. The van der Waals surface area contributed by atoms with Crippen molar-refractivity contribution in [3.63, 3.8) is 0 Å². The Morgan fingerprint density at radius 2 is 1.66 bits per heavy atom. The lowest BCUT2D eigenvalue weighted by Crippen LogP contribution is -2.38. The van der Waals surface area contributed by atoms with Crippen LogP contribution in [0.1, 0.15) is 15.9 Å². The topological polar surface area (TPSA) is 133 Å². The van der Waals surface area contributed by atoms with Crippen LogP contribution in [0, 0.1) is 11.3 Å². The molecule has 9 heteroatoms. The zero-order chi connectivity index (χ0) is 24.9. The quantitative estimate of drug-likeness (QED) is 0.191. The average Bonchev–Trinajstić information content (AvgIpc) is 2.89. The van der Waals surface area contributed by atoms with Crippen molar-refractivity contribution in [1.82, 2.24) is 10.6 Å². The number of esters is 1. The Bertz CT molecular complexity index is 1150. The van der Waals surface area contributed by atoms with Gasteiger partial charge in [0, 0.05) is 25.3 Å².